The molecule has 87 valence electrons. The normalized spacial score (nSPS) is 20.2. The summed E-state index contributed by atoms with van der Waals surface area (Å²) in [5.74, 6) is 0.412. The second-order valence-corrected chi connectivity index (χ2v) is 6.62. The smallest absolute Gasteiger partial charge is 0.305 e. The Morgan fingerprint density at radius 2 is 2.29 bits per heavy atom. The van der Waals surface area contributed by atoms with Crippen LogP contribution in [0.25, 0.3) is 5.70 Å². The van der Waals surface area contributed by atoms with Gasteiger partial charge in [0.25, 0.3) is 0 Å². The minimum atomic E-state index is -0.515. The molecule has 0 N–H and O–H groups in total. The van der Waals surface area contributed by atoms with E-state index >= 15 is 0 Å². The van der Waals surface area contributed by atoms with Crippen molar-refractivity contribution in [2.45, 2.75) is 13.3 Å². The molecule has 0 aliphatic heterocycles. The van der Waals surface area contributed by atoms with Crippen LogP contribution in [0.15, 0.2) is 23.0 Å². The van der Waals surface area contributed by atoms with Crippen LogP contribution in [0.4, 0.5) is 0 Å². The fourth-order valence-electron chi connectivity index (χ4n) is 1.92. The molecule has 1 heterocycles. The topological polar surface area (TPSA) is 52.7 Å². The average molecular weight is 308 g/mol. The van der Waals surface area contributed by atoms with E-state index in [9.17, 15) is 4.79 Å². The Kier molecular flexibility index (Phi) is 4.21. The maximum Gasteiger partial charge on any atom is 0.482 e. The van der Waals surface area contributed by atoms with Crippen molar-refractivity contribution in [2.24, 2.45) is 13.0 Å². The summed E-state index contributed by atoms with van der Waals surface area (Å²) in [6.07, 6.45) is 7.14. The van der Waals surface area contributed by atoms with Crippen LogP contribution in [0, 0.1) is 9.97 Å². The molecular weight excluding hydrogens is 296 g/mol. The zero-order valence-corrected chi connectivity index (χ0v) is 12.8. The van der Waals surface area contributed by atoms with Crippen LogP contribution in [-0.2, 0) is 7.05 Å². The molecule has 1 aliphatic rings. The molecule has 17 heavy (non-hydrogen) atoms. The molecular formula is C10H12BrMgN4O. The monoisotopic (exact) mass is 307 g/mol. The van der Waals surface area contributed by atoms with Gasteiger partial charge in [0.1, 0.15) is 0 Å². The third-order valence-corrected chi connectivity index (χ3v) is 5.89. The molecule has 1 unspecified atom stereocenters. The first-order valence-corrected chi connectivity index (χ1v) is 10.1. The lowest BCUT2D eigenvalue weighted by molar-refractivity contribution is 0.682. The van der Waals surface area contributed by atoms with Crippen molar-refractivity contribution in [1.29, 1.82) is 0 Å². The van der Waals surface area contributed by atoms with Crippen molar-refractivity contribution in [3.63, 3.8) is 0 Å². The largest absolute Gasteiger partial charge is 0.482 e. The van der Waals surface area contributed by atoms with Crippen LogP contribution < -0.4 is 5.69 Å². The van der Waals surface area contributed by atoms with Gasteiger partial charge in [-0.15, -0.1) is 0 Å². The number of rotatable bonds is 3. The van der Waals surface area contributed by atoms with E-state index in [0.717, 1.165) is 12.1 Å². The highest BCUT2D eigenvalue weighted by molar-refractivity contribution is 9.23. The minimum absolute atomic E-state index is 0.200. The quantitative estimate of drug-likeness (QED) is 0.782. The molecule has 0 amide bonds. The number of allylic oxidation sites excluding steroid dienone is 4. The summed E-state index contributed by atoms with van der Waals surface area (Å²) < 4.78 is 3.93. The molecule has 7 heteroatoms. The van der Waals surface area contributed by atoms with Gasteiger partial charge in [0.15, 0.2) is 0 Å². The van der Waals surface area contributed by atoms with Gasteiger partial charge in [-0.2, -0.15) is 9.36 Å². The molecule has 1 atom stereocenters. The van der Waals surface area contributed by atoms with Gasteiger partial charge in [-0.05, 0) is 22.4 Å². The number of hydrogen-bond donors (Lipinski definition) is 0. The lowest BCUT2D eigenvalue weighted by Gasteiger charge is -2.26. The molecule has 0 aromatic carbocycles. The van der Waals surface area contributed by atoms with Gasteiger partial charge in [0, 0.05) is 12.7 Å². The van der Waals surface area contributed by atoms with Crippen molar-refractivity contribution in [3.05, 3.63) is 32.8 Å². The maximum absolute atomic E-state index is 11.8. The van der Waals surface area contributed by atoms with Gasteiger partial charge in [0.2, 0.25) is 0 Å². The highest BCUT2D eigenvalue weighted by atomic mass is 79.9. The summed E-state index contributed by atoms with van der Waals surface area (Å²) in [5.41, 5.74) is 0.690. The lowest BCUT2D eigenvalue weighted by atomic mass is 9.95. The summed E-state index contributed by atoms with van der Waals surface area (Å²) in [7, 11) is 1.60. The van der Waals surface area contributed by atoms with Crippen molar-refractivity contribution in [2.75, 3.05) is 0 Å². The van der Waals surface area contributed by atoms with Gasteiger partial charge in [0.05, 0.1) is 0 Å². The zero-order chi connectivity index (χ0) is 12.4. The zero-order valence-electron chi connectivity index (χ0n) is 9.80. The Morgan fingerprint density at radius 3 is 2.82 bits per heavy atom. The predicted molar refractivity (Wildman–Crippen MR) is 70.4 cm³/mol. The molecule has 1 radical (unpaired) electrons. The van der Waals surface area contributed by atoms with Crippen molar-refractivity contribution < 1.29 is 0 Å². The van der Waals surface area contributed by atoms with Crippen molar-refractivity contribution in [1.82, 2.24) is 19.8 Å². The number of aromatic nitrogens is 4. The van der Waals surface area contributed by atoms with Crippen LogP contribution in [0.3, 0.4) is 0 Å². The van der Waals surface area contributed by atoms with Crippen molar-refractivity contribution in [3.8, 4) is 0 Å². The van der Waals surface area contributed by atoms with Gasteiger partial charge in [-0.3, -0.25) is 0 Å². The van der Waals surface area contributed by atoms with E-state index in [2.05, 4.69) is 36.3 Å². The van der Waals surface area contributed by atoms with Crippen molar-refractivity contribution >= 4 is 36.8 Å². The Bertz CT molecular complexity index is 519. The number of halogens is 1. The summed E-state index contributed by atoms with van der Waals surface area (Å²) in [4.78, 5) is 11.8. The third kappa shape index (κ3) is 2.41. The highest BCUT2D eigenvalue weighted by Gasteiger charge is 2.27. The summed E-state index contributed by atoms with van der Waals surface area (Å²) >= 11 is 3.10. The van der Waals surface area contributed by atoms with E-state index < -0.39 is 18.2 Å². The second-order valence-electron chi connectivity index (χ2n) is 3.91. The molecule has 5 nitrogen and oxygen atoms in total. The van der Waals surface area contributed by atoms with Gasteiger partial charge in [-0.25, -0.2) is 4.79 Å². The first-order valence-electron chi connectivity index (χ1n) is 5.49. The molecule has 2 rings (SSSR count). The number of tetrazole rings is 1. The van der Waals surface area contributed by atoms with Crippen LogP contribution >= 0.6 is 12.9 Å². The summed E-state index contributed by atoms with van der Waals surface area (Å²) in [5, 5.41) is 7.65. The van der Waals surface area contributed by atoms with E-state index in [1.165, 1.54) is 13.4 Å². The number of aryl methyl sites for hydroxylation is 1. The highest BCUT2D eigenvalue weighted by Crippen LogP contribution is 2.32. The number of hydrogen-bond acceptors (Lipinski definition) is 3. The van der Waals surface area contributed by atoms with Crippen LogP contribution in [0.2, 0.25) is 0 Å². The third-order valence-electron chi connectivity index (χ3n) is 2.91. The molecule has 0 bridgehead atoms. The summed E-state index contributed by atoms with van der Waals surface area (Å²) in [6.45, 7) is 2.15. The van der Waals surface area contributed by atoms with E-state index in [-0.39, 0.29) is 5.69 Å². The van der Waals surface area contributed by atoms with E-state index in [4.69, 9.17) is 0 Å². The maximum atomic E-state index is 11.8. The Hall–Kier alpha value is -0.404. The Morgan fingerprint density at radius 1 is 1.53 bits per heavy atom. The SMILES string of the molecule is CCC1C=CC=C(n2nnn(C)c2=O)[C]1[Mg][Br]. The van der Waals surface area contributed by atoms with E-state index in [1.54, 1.807) is 7.05 Å². The minimum Gasteiger partial charge on any atom is -0.305 e. The van der Waals surface area contributed by atoms with Gasteiger partial charge in [-0.1, -0.05) is 29.5 Å². The van der Waals surface area contributed by atoms with Crippen LogP contribution in [0.1, 0.15) is 13.3 Å². The molecule has 1 aromatic heterocycles. The lowest BCUT2D eigenvalue weighted by Crippen LogP contribution is -2.29. The number of nitrogens with zero attached hydrogens (tertiary/aromatic N) is 4. The Labute approximate surface area is 115 Å². The average Bonchev–Trinajstić information content (AvgIpc) is 2.69. The fraction of sp³-hybridized carbons (Fsp3) is 0.400. The first kappa shape index (κ1) is 13.0. The van der Waals surface area contributed by atoms with E-state index in [0.29, 0.717) is 5.92 Å². The second kappa shape index (κ2) is 5.49. The van der Waals surface area contributed by atoms with Crippen LogP contribution in [-0.4, -0.2) is 38.0 Å². The van der Waals surface area contributed by atoms with E-state index in [1.807, 2.05) is 12.2 Å². The molecule has 0 saturated heterocycles. The van der Waals surface area contributed by atoms with Gasteiger partial charge < -0.3 is 12.9 Å². The fourth-order valence-corrected chi connectivity index (χ4v) is 5.05. The van der Waals surface area contributed by atoms with Crippen LogP contribution in [0.5, 0.6) is 0 Å². The molecule has 1 aromatic rings. The molecule has 0 fully saturated rings. The Balaban J connectivity index is 2.44. The standard InChI is InChI=1S/C10H12N4O.BrH.Mg/c1-3-8-5-4-6-9(7-8)14-10(15)13(2)11-12-14;;/h4-6,8H,3H2,1-2H3;1H;/q;;+1/p-1. The predicted octanol–water partition coefficient (Wildman–Crippen LogP) is 0.960. The van der Waals surface area contributed by atoms with Gasteiger partial charge >= 0.3 is 23.9 Å². The first-order chi connectivity index (χ1) is 8.19. The molecule has 0 saturated carbocycles. The molecule has 1 aliphatic carbocycles. The molecule has 0 spiro atoms. The summed E-state index contributed by atoms with van der Waals surface area (Å²) in [6, 6.07) is 0.